The van der Waals surface area contributed by atoms with Crippen molar-refractivity contribution >= 4 is 11.9 Å². The minimum Gasteiger partial charge on any atom is -0.357 e. The SMILES string of the molecule is CCNC(=NCC(=O)N(C)C)N1CCC(C)CC1. The zero-order valence-electron chi connectivity index (χ0n) is 12.1. The van der Waals surface area contributed by atoms with Gasteiger partial charge < -0.3 is 15.1 Å². The Bertz CT molecular complexity index is 293. The summed E-state index contributed by atoms with van der Waals surface area (Å²) in [4.78, 5) is 19.8. The molecule has 0 atom stereocenters. The Labute approximate surface area is 110 Å². The Morgan fingerprint density at radius 3 is 2.50 bits per heavy atom. The van der Waals surface area contributed by atoms with Crippen LogP contribution in [-0.4, -0.2) is 61.9 Å². The number of carbonyl (C=O) groups is 1. The molecule has 0 radical (unpaired) electrons. The highest BCUT2D eigenvalue weighted by molar-refractivity contribution is 5.84. The lowest BCUT2D eigenvalue weighted by atomic mass is 10.00. The minimum atomic E-state index is 0.0378. The second kappa shape index (κ2) is 7.24. The van der Waals surface area contributed by atoms with E-state index in [-0.39, 0.29) is 12.5 Å². The largest absolute Gasteiger partial charge is 0.357 e. The summed E-state index contributed by atoms with van der Waals surface area (Å²) in [6.45, 7) is 7.46. The van der Waals surface area contributed by atoms with Crippen LogP contribution in [0.15, 0.2) is 4.99 Å². The van der Waals surface area contributed by atoms with Crippen molar-refractivity contribution in [2.45, 2.75) is 26.7 Å². The van der Waals surface area contributed by atoms with Gasteiger partial charge in [-0.1, -0.05) is 6.92 Å². The Kier molecular flexibility index (Phi) is 5.95. The highest BCUT2D eigenvalue weighted by atomic mass is 16.2. The van der Waals surface area contributed by atoms with Crippen LogP contribution in [0.1, 0.15) is 26.7 Å². The number of nitrogens with one attached hydrogen (secondary N) is 1. The summed E-state index contributed by atoms with van der Waals surface area (Å²) < 4.78 is 0. The molecule has 1 amide bonds. The number of hydrogen-bond donors (Lipinski definition) is 1. The molecule has 0 unspecified atom stereocenters. The van der Waals surface area contributed by atoms with E-state index in [0.717, 1.165) is 31.5 Å². The molecule has 0 bridgehead atoms. The van der Waals surface area contributed by atoms with E-state index in [1.165, 1.54) is 12.8 Å². The molecule has 5 heteroatoms. The molecule has 0 aliphatic carbocycles. The molecule has 1 aliphatic heterocycles. The molecule has 0 saturated carbocycles. The first-order valence-corrected chi connectivity index (χ1v) is 6.78. The highest BCUT2D eigenvalue weighted by Crippen LogP contribution is 2.15. The van der Waals surface area contributed by atoms with Crippen LogP contribution in [-0.2, 0) is 4.79 Å². The van der Waals surface area contributed by atoms with E-state index in [0.29, 0.717) is 0 Å². The van der Waals surface area contributed by atoms with Crippen LogP contribution in [0.25, 0.3) is 0 Å². The molecule has 1 saturated heterocycles. The van der Waals surface area contributed by atoms with Crippen molar-refractivity contribution in [2.75, 3.05) is 40.3 Å². The fraction of sp³-hybridized carbons (Fsp3) is 0.846. The molecular formula is C13H26N4O. The van der Waals surface area contributed by atoms with E-state index in [1.54, 1.807) is 19.0 Å². The summed E-state index contributed by atoms with van der Waals surface area (Å²) in [5.41, 5.74) is 0. The Balaban J connectivity index is 2.58. The maximum absolute atomic E-state index is 11.6. The summed E-state index contributed by atoms with van der Waals surface area (Å²) in [5, 5.41) is 3.27. The van der Waals surface area contributed by atoms with Crippen LogP contribution in [0.4, 0.5) is 0 Å². The zero-order valence-corrected chi connectivity index (χ0v) is 12.1. The van der Waals surface area contributed by atoms with Gasteiger partial charge in [-0.3, -0.25) is 4.79 Å². The number of guanidine groups is 1. The first-order chi connectivity index (χ1) is 8.54. The van der Waals surface area contributed by atoms with Crippen LogP contribution in [0.2, 0.25) is 0 Å². The standard InChI is InChI=1S/C13H26N4O/c1-5-14-13(15-10-12(18)16(3)4)17-8-6-11(2)7-9-17/h11H,5-10H2,1-4H3,(H,14,15). The van der Waals surface area contributed by atoms with Gasteiger partial charge in [-0.15, -0.1) is 0 Å². The summed E-state index contributed by atoms with van der Waals surface area (Å²) >= 11 is 0. The number of aliphatic imine (C=N–C) groups is 1. The van der Waals surface area contributed by atoms with E-state index in [4.69, 9.17) is 0 Å². The van der Waals surface area contributed by atoms with Crippen molar-refractivity contribution in [2.24, 2.45) is 10.9 Å². The van der Waals surface area contributed by atoms with Crippen molar-refractivity contribution in [3.8, 4) is 0 Å². The van der Waals surface area contributed by atoms with Crippen molar-refractivity contribution in [3.63, 3.8) is 0 Å². The van der Waals surface area contributed by atoms with Crippen molar-refractivity contribution in [1.29, 1.82) is 0 Å². The van der Waals surface area contributed by atoms with Gasteiger partial charge in [-0.05, 0) is 25.7 Å². The summed E-state index contributed by atoms with van der Waals surface area (Å²) in [5.74, 6) is 1.71. The van der Waals surface area contributed by atoms with Crippen LogP contribution in [0, 0.1) is 5.92 Å². The summed E-state index contributed by atoms with van der Waals surface area (Å²) in [7, 11) is 3.51. The molecule has 1 heterocycles. The molecule has 18 heavy (non-hydrogen) atoms. The smallest absolute Gasteiger partial charge is 0.243 e. The fourth-order valence-corrected chi connectivity index (χ4v) is 1.93. The second-order valence-electron chi connectivity index (χ2n) is 5.13. The number of nitrogens with zero attached hydrogens (tertiary/aromatic N) is 3. The predicted molar refractivity (Wildman–Crippen MR) is 74.6 cm³/mol. The molecule has 1 aliphatic rings. The second-order valence-corrected chi connectivity index (χ2v) is 5.13. The molecule has 0 aromatic carbocycles. The van der Waals surface area contributed by atoms with Crippen molar-refractivity contribution in [1.82, 2.24) is 15.1 Å². The number of likely N-dealkylation sites (tertiary alicyclic amines) is 1. The van der Waals surface area contributed by atoms with E-state index < -0.39 is 0 Å². The lowest BCUT2D eigenvalue weighted by Gasteiger charge is -2.33. The van der Waals surface area contributed by atoms with Crippen molar-refractivity contribution < 1.29 is 4.79 Å². The van der Waals surface area contributed by atoms with E-state index in [9.17, 15) is 4.79 Å². The molecular weight excluding hydrogens is 228 g/mol. The first kappa shape index (κ1) is 14.8. The van der Waals surface area contributed by atoms with Gasteiger partial charge >= 0.3 is 0 Å². The zero-order chi connectivity index (χ0) is 13.5. The number of likely N-dealkylation sites (N-methyl/N-ethyl adjacent to an activating group) is 1. The molecule has 1 rings (SSSR count). The number of carbonyl (C=O) groups excluding carboxylic acids is 1. The number of hydrogen-bond acceptors (Lipinski definition) is 2. The van der Waals surface area contributed by atoms with Crippen LogP contribution >= 0.6 is 0 Å². The minimum absolute atomic E-state index is 0.0378. The predicted octanol–water partition coefficient (Wildman–Crippen LogP) is 0.772. The number of piperidine rings is 1. The molecule has 1 N–H and O–H groups in total. The topological polar surface area (TPSA) is 47.9 Å². The third kappa shape index (κ3) is 4.55. The first-order valence-electron chi connectivity index (χ1n) is 6.78. The van der Waals surface area contributed by atoms with Gasteiger partial charge in [0.1, 0.15) is 6.54 Å². The van der Waals surface area contributed by atoms with E-state index in [2.05, 4.69) is 29.1 Å². The van der Waals surface area contributed by atoms with Gasteiger partial charge in [0.05, 0.1) is 0 Å². The number of amides is 1. The van der Waals surface area contributed by atoms with Gasteiger partial charge in [0.25, 0.3) is 0 Å². The highest BCUT2D eigenvalue weighted by Gasteiger charge is 2.18. The summed E-state index contributed by atoms with van der Waals surface area (Å²) in [6.07, 6.45) is 2.40. The Morgan fingerprint density at radius 2 is 2.00 bits per heavy atom. The van der Waals surface area contributed by atoms with Crippen LogP contribution in [0.3, 0.4) is 0 Å². The third-order valence-electron chi connectivity index (χ3n) is 3.28. The monoisotopic (exact) mass is 254 g/mol. The fourth-order valence-electron chi connectivity index (χ4n) is 1.93. The molecule has 5 nitrogen and oxygen atoms in total. The maximum atomic E-state index is 11.6. The van der Waals surface area contributed by atoms with Gasteiger partial charge in [-0.25, -0.2) is 4.99 Å². The van der Waals surface area contributed by atoms with E-state index in [1.807, 2.05) is 0 Å². The Morgan fingerprint density at radius 1 is 1.39 bits per heavy atom. The third-order valence-corrected chi connectivity index (χ3v) is 3.28. The van der Waals surface area contributed by atoms with Gasteiger partial charge in [-0.2, -0.15) is 0 Å². The van der Waals surface area contributed by atoms with Crippen LogP contribution in [0.5, 0.6) is 0 Å². The van der Waals surface area contributed by atoms with Crippen molar-refractivity contribution in [3.05, 3.63) is 0 Å². The van der Waals surface area contributed by atoms with Gasteiger partial charge in [0.15, 0.2) is 5.96 Å². The number of rotatable bonds is 3. The maximum Gasteiger partial charge on any atom is 0.243 e. The quantitative estimate of drug-likeness (QED) is 0.598. The molecule has 0 spiro atoms. The van der Waals surface area contributed by atoms with Gasteiger partial charge in [0, 0.05) is 33.7 Å². The molecule has 0 aromatic heterocycles. The van der Waals surface area contributed by atoms with Gasteiger partial charge in [0.2, 0.25) is 5.91 Å². The normalized spacial score (nSPS) is 17.8. The van der Waals surface area contributed by atoms with E-state index >= 15 is 0 Å². The molecule has 104 valence electrons. The average molecular weight is 254 g/mol. The summed E-state index contributed by atoms with van der Waals surface area (Å²) in [6, 6.07) is 0. The average Bonchev–Trinajstić information content (AvgIpc) is 2.35. The molecule has 1 fully saturated rings. The Hall–Kier alpha value is -1.26. The van der Waals surface area contributed by atoms with Crippen LogP contribution < -0.4 is 5.32 Å². The molecule has 0 aromatic rings. The lowest BCUT2D eigenvalue weighted by Crippen LogP contribution is -2.45. The lowest BCUT2D eigenvalue weighted by molar-refractivity contribution is -0.127.